The smallest absolute Gasteiger partial charge is 0.374 e. The lowest BCUT2D eigenvalue weighted by Gasteiger charge is -1.93. The van der Waals surface area contributed by atoms with E-state index in [4.69, 9.17) is 16.7 Å². The SMILES string of the molecule is Cl.O=C(O)c1cc(-c2ccc(Cl)cc2)no1. The van der Waals surface area contributed by atoms with Gasteiger partial charge in [-0.3, -0.25) is 0 Å². The van der Waals surface area contributed by atoms with E-state index in [0.29, 0.717) is 10.7 Å². The normalized spacial score (nSPS) is 9.56. The first-order valence-electron chi connectivity index (χ1n) is 4.13. The molecule has 1 heterocycles. The molecule has 0 saturated heterocycles. The number of halogens is 2. The molecule has 0 bridgehead atoms. The van der Waals surface area contributed by atoms with Crippen molar-refractivity contribution in [3.05, 3.63) is 41.1 Å². The molecule has 1 N–H and O–H groups in total. The van der Waals surface area contributed by atoms with Crippen molar-refractivity contribution >= 4 is 30.0 Å². The average molecular weight is 260 g/mol. The van der Waals surface area contributed by atoms with Gasteiger partial charge >= 0.3 is 5.97 Å². The summed E-state index contributed by atoms with van der Waals surface area (Å²) in [6.45, 7) is 0. The lowest BCUT2D eigenvalue weighted by atomic mass is 10.1. The Bertz CT molecular complexity index is 493. The molecular weight excluding hydrogens is 253 g/mol. The quantitative estimate of drug-likeness (QED) is 0.900. The summed E-state index contributed by atoms with van der Waals surface area (Å²) in [6.07, 6.45) is 0. The van der Waals surface area contributed by atoms with E-state index in [-0.39, 0.29) is 18.2 Å². The fourth-order valence-corrected chi connectivity index (χ4v) is 1.26. The minimum absolute atomic E-state index is 0. The summed E-state index contributed by atoms with van der Waals surface area (Å²) in [5.74, 6) is -1.32. The van der Waals surface area contributed by atoms with Gasteiger partial charge in [-0.05, 0) is 12.1 Å². The van der Waals surface area contributed by atoms with Crippen LogP contribution in [0, 0.1) is 0 Å². The van der Waals surface area contributed by atoms with Gasteiger partial charge in [0.15, 0.2) is 0 Å². The van der Waals surface area contributed by atoms with Crippen LogP contribution in [0.25, 0.3) is 11.3 Å². The van der Waals surface area contributed by atoms with Crippen LogP contribution in [0.2, 0.25) is 5.02 Å². The molecule has 0 amide bonds. The number of carbonyl (C=O) groups is 1. The number of aromatic nitrogens is 1. The number of nitrogens with zero attached hydrogens (tertiary/aromatic N) is 1. The van der Waals surface area contributed by atoms with Gasteiger partial charge in [0.05, 0.1) is 0 Å². The number of rotatable bonds is 2. The van der Waals surface area contributed by atoms with E-state index >= 15 is 0 Å². The van der Waals surface area contributed by atoms with Crippen LogP contribution < -0.4 is 0 Å². The molecule has 0 aliphatic carbocycles. The third-order valence-electron chi connectivity index (χ3n) is 1.86. The molecule has 84 valence electrons. The fourth-order valence-electron chi connectivity index (χ4n) is 1.13. The van der Waals surface area contributed by atoms with Gasteiger partial charge in [-0.15, -0.1) is 12.4 Å². The zero-order chi connectivity index (χ0) is 10.8. The topological polar surface area (TPSA) is 63.3 Å². The molecule has 0 radical (unpaired) electrons. The summed E-state index contributed by atoms with van der Waals surface area (Å²) >= 11 is 5.72. The second kappa shape index (κ2) is 5.01. The van der Waals surface area contributed by atoms with Crippen molar-refractivity contribution in [3.8, 4) is 11.3 Å². The molecule has 4 nitrogen and oxygen atoms in total. The van der Waals surface area contributed by atoms with Gasteiger partial charge in [-0.25, -0.2) is 4.79 Å². The summed E-state index contributed by atoms with van der Waals surface area (Å²) in [5.41, 5.74) is 1.24. The zero-order valence-electron chi connectivity index (χ0n) is 7.88. The Balaban J connectivity index is 0.00000128. The van der Waals surface area contributed by atoms with Gasteiger partial charge in [-0.1, -0.05) is 28.9 Å². The van der Waals surface area contributed by atoms with Gasteiger partial charge in [0, 0.05) is 16.7 Å². The molecule has 0 atom stereocenters. The van der Waals surface area contributed by atoms with E-state index in [9.17, 15) is 4.79 Å². The lowest BCUT2D eigenvalue weighted by Crippen LogP contribution is -1.91. The lowest BCUT2D eigenvalue weighted by molar-refractivity contribution is 0.0652. The monoisotopic (exact) mass is 259 g/mol. The number of carboxylic acid groups (broad SMARTS) is 1. The summed E-state index contributed by atoms with van der Waals surface area (Å²) < 4.78 is 4.63. The number of aromatic carboxylic acids is 1. The van der Waals surface area contributed by atoms with E-state index in [1.807, 2.05) is 0 Å². The van der Waals surface area contributed by atoms with Crippen LogP contribution >= 0.6 is 24.0 Å². The molecule has 2 rings (SSSR count). The van der Waals surface area contributed by atoms with Crippen LogP contribution in [0.3, 0.4) is 0 Å². The maximum atomic E-state index is 10.5. The van der Waals surface area contributed by atoms with E-state index in [0.717, 1.165) is 5.56 Å². The molecule has 2 aromatic rings. The van der Waals surface area contributed by atoms with Crippen LogP contribution in [0.15, 0.2) is 34.9 Å². The molecule has 0 fully saturated rings. The van der Waals surface area contributed by atoms with Gasteiger partial charge < -0.3 is 9.63 Å². The van der Waals surface area contributed by atoms with Crippen LogP contribution in [0.5, 0.6) is 0 Å². The maximum Gasteiger partial charge on any atom is 0.374 e. The zero-order valence-corrected chi connectivity index (χ0v) is 9.46. The van der Waals surface area contributed by atoms with E-state index in [2.05, 4.69) is 9.68 Å². The molecule has 0 unspecified atom stereocenters. The number of hydrogen-bond acceptors (Lipinski definition) is 3. The number of carboxylic acids is 1. The molecular formula is C10H7Cl2NO3. The summed E-state index contributed by atoms with van der Waals surface area (Å²) in [4.78, 5) is 10.5. The Kier molecular flexibility index (Phi) is 3.93. The fraction of sp³-hybridized carbons (Fsp3) is 0. The molecule has 16 heavy (non-hydrogen) atoms. The van der Waals surface area contributed by atoms with Crippen molar-refractivity contribution in [2.45, 2.75) is 0 Å². The second-order valence-electron chi connectivity index (χ2n) is 2.89. The molecule has 0 saturated carbocycles. The molecule has 0 aliphatic heterocycles. The molecule has 1 aromatic heterocycles. The standard InChI is InChI=1S/C10H6ClNO3.ClH/c11-7-3-1-6(2-4-7)8-5-9(10(13)14)15-12-8;/h1-5H,(H,13,14);1H. The summed E-state index contributed by atoms with van der Waals surface area (Å²) in [5, 5.41) is 12.9. The Morgan fingerprint density at radius 3 is 2.44 bits per heavy atom. The van der Waals surface area contributed by atoms with Crippen LogP contribution in [-0.4, -0.2) is 16.2 Å². The molecule has 0 spiro atoms. The van der Waals surface area contributed by atoms with Gasteiger partial charge in [-0.2, -0.15) is 0 Å². The Labute approximate surface area is 102 Å². The predicted octanol–water partition coefficient (Wildman–Crippen LogP) is 3.12. The van der Waals surface area contributed by atoms with E-state index in [1.54, 1.807) is 24.3 Å². The minimum atomic E-state index is -1.14. The average Bonchev–Trinajstić information content (AvgIpc) is 2.68. The number of hydrogen-bond donors (Lipinski definition) is 1. The summed E-state index contributed by atoms with van der Waals surface area (Å²) in [7, 11) is 0. The maximum absolute atomic E-state index is 10.5. The van der Waals surface area contributed by atoms with Crippen LogP contribution in [0.1, 0.15) is 10.6 Å². The first kappa shape index (κ1) is 12.5. The van der Waals surface area contributed by atoms with Crippen LogP contribution in [-0.2, 0) is 0 Å². The highest BCUT2D eigenvalue weighted by Gasteiger charge is 2.11. The van der Waals surface area contributed by atoms with Gasteiger partial charge in [0.1, 0.15) is 5.69 Å². The first-order valence-corrected chi connectivity index (χ1v) is 4.50. The van der Waals surface area contributed by atoms with Crippen molar-refractivity contribution in [1.82, 2.24) is 5.16 Å². The van der Waals surface area contributed by atoms with E-state index < -0.39 is 5.97 Å². The second-order valence-corrected chi connectivity index (χ2v) is 3.32. The Morgan fingerprint density at radius 2 is 1.94 bits per heavy atom. The van der Waals surface area contributed by atoms with Crippen molar-refractivity contribution in [2.24, 2.45) is 0 Å². The van der Waals surface area contributed by atoms with Gasteiger partial charge in [0.25, 0.3) is 0 Å². The predicted molar refractivity (Wildman–Crippen MR) is 61.2 cm³/mol. The van der Waals surface area contributed by atoms with Crippen molar-refractivity contribution in [2.75, 3.05) is 0 Å². The molecule has 0 aliphatic rings. The van der Waals surface area contributed by atoms with E-state index in [1.165, 1.54) is 6.07 Å². The summed E-state index contributed by atoms with van der Waals surface area (Å²) in [6, 6.07) is 8.25. The Hall–Kier alpha value is -1.52. The van der Waals surface area contributed by atoms with Crippen molar-refractivity contribution in [1.29, 1.82) is 0 Å². The molecule has 1 aromatic carbocycles. The first-order chi connectivity index (χ1) is 7.16. The third kappa shape index (κ3) is 2.53. The van der Waals surface area contributed by atoms with Crippen molar-refractivity contribution < 1.29 is 14.4 Å². The van der Waals surface area contributed by atoms with Gasteiger partial charge in [0.2, 0.25) is 5.76 Å². The van der Waals surface area contributed by atoms with Crippen molar-refractivity contribution in [3.63, 3.8) is 0 Å². The largest absolute Gasteiger partial charge is 0.475 e. The van der Waals surface area contributed by atoms with Crippen LogP contribution in [0.4, 0.5) is 0 Å². The minimum Gasteiger partial charge on any atom is -0.475 e. The Morgan fingerprint density at radius 1 is 1.31 bits per heavy atom. The highest BCUT2D eigenvalue weighted by molar-refractivity contribution is 6.30. The number of benzene rings is 1. The highest BCUT2D eigenvalue weighted by Crippen LogP contribution is 2.21. The third-order valence-corrected chi connectivity index (χ3v) is 2.11. The molecule has 6 heteroatoms. The highest BCUT2D eigenvalue weighted by atomic mass is 35.5.